The molecule has 2 N–H and O–H groups in total. The van der Waals surface area contributed by atoms with E-state index in [1.54, 1.807) is 0 Å². The Morgan fingerprint density at radius 1 is 1.12 bits per heavy atom. The molecule has 1 atom stereocenters. The van der Waals surface area contributed by atoms with E-state index in [1.807, 2.05) is 0 Å². The van der Waals surface area contributed by atoms with Gasteiger partial charge in [0, 0.05) is 6.04 Å². The number of rotatable bonds is 6. The molecule has 1 aromatic carbocycles. The molecule has 0 aromatic heterocycles. The molecule has 1 rings (SSSR count). The number of nitrogens with two attached hydrogens (primary N) is 1. The summed E-state index contributed by atoms with van der Waals surface area (Å²) in [5.41, 5.74) is 9.19. The van der Waals surface area contributed by atoms with Gasteiger partial charge in [0.05, 0.1) is 0 Å². The van der Waals surface area contributed by atoms with Gasteiger partial charge in [-0.05, 0) is 35.8 Å². The van der Waals surface area contributed by atoms with Crippen LogP contribution in [0.25, 0.3) is 0 Å². The molecule has 1 nitrogen and oxygen atoms in total. The Balaban J connectivity index is 2.73. The largest absolute Gasteiger partial charge is 0.324 e. The fourth-order valence-electron chi connectivity index (χ4n) is 1.94. The molecule has 0 aliphatic carbocycles. The monoisotopic (exact) mass is 233 g/mol. The highest BCUT2D eigenvalue weighted by molar-refractivity contribution is 5.26. The summed E-state index contributed by atoms with van der Waals surface area (Å²) in [5, 5.41) is 0. The third-order valence-corrected chi connectivity index (χ3v) is 3.91. The Labute approximate surface area is 106 Å². The van der Waals surface area contributed by atoms with Crippen LogP contribution in [0.1, 0.15) is 64.1 Å². The summed E-state index contributed by atoms with van der Waals surface area (Å²) in [4.78, 5) is 0. The molecule has 0 radical (unpaired) electrons. The first-order valence-electron chi connectivity index (χ1n) is 6.85. The average Bonchev–Trinajstić information content (AvgIpc) is 2.36. The van der Waals surface area contributed by atoms with Gasteiger partial charge in [-0.25, -0.2) is 0 Å². The molecule has 1 aromatic rings. The van der Waals surface area contributed by atoms with E-state index in [9.17, 15) is 0 Å². The zero-order chi connectivity index (χ0) is 12.9. The molecule has 0 amide bonds. The van der Waals surface area contributed by atoms with Crippen molar-refractivity contribution in [3.8, 4) is 0 Å². The molecule has 0 fully saturated rings. The number of hydrogen-bond acceptors (Lipinski definition) is 1. The van der Waals surface area contributed by atoms with Gasteiger partial charge in [0.2, 0.25) is 0 Å². The molecule has 0 saturated carbocycles. The van der Waals surface area contributed by atoms with Gasteiger partial charge in [-0.2, -0.15) is 0 Å². The minimum absolute atomic E-state index is 0.132. The molecular formula is C16H27N. The van der Waals surface area contributed by atoms with E-state index in [2.05, 4.69) is 52.0 Å². The molecular weight excluding hydrogens is 206 g/mol. The SMILES string of the molecule is CCCCc1ccc(C(N)C(C)(C)CC)cc1. The first-order chi connectivity index (χ1) is 8.01. The lowest BCUT2D eigenvalue weighted by molar-refractivity contribution is 0.278. The highest BCUT2D eigenvalue weighted by Crippen LogP contribution is 2.34. The smallest absolute Gasteiger partial charge is 0.0346 e. The van der Waals surface area contributed by atoms with Crippen molar-refractivity contribution in [3.63, 3.8) is 0 Å². The maximum Gasteiger partial charge on any atom is 0.0346 e. The van der Waals surface area contributed by atoms with Crippen molar-refractivity contribution in [2.45, 2.75) is 59.4 Å². The molecule has 96 valence electrons. The quantitative estimate of drug-likeness (QED) is 0.771. The highest BCUT2D eigenvalue weighted by atomic mass is 14.7. The molecule has 0 bridgehead atoms. The van der Waals surface area contributed by atoms with Crippen LogP contribution in [0, 0.1) is 5.41 Å². The third kappa shape index (κ3) is 3.85. The van der Waals surface area contributed by atoms with Gasteiger partial charge in [0.1, 0.15) is 0 Å². The topological polar surface area (TPSA) is 26.0 Å². The van der Waals surface area contributed by atoms with Gasteiger partial charge in [-0.15, -0.1) is 0 Å². The molecule has 1 heteroatoms. The van der Waals surface area contributed by atoms with Crippen LogP contribution >= 0.6 is 0 Å². The second-order valence-corrected chi connectivity index (χ2v) is 5.66. The van der Waals surface area contributed by atoms with Crippen molar-refractivity contribution >= 4 is 0 Å². The Morgan fingerprint density at radius 2 is 1.71 bits per heavy atom. The van der Waals surface area contributed by atoms with E-state index in [1.165, 1.54) is 30.4 Å². The molecule has 17 heavy (non-hydrogen) atoms. The molecule has 0 saturated heterocycles. The first-order valence-corrected chi connectivity index (χ1v) is 6.85. The van der Waals surface area contributed by atoms with Crippen LogP contribution in [0.3, 0.4) is 0 Å². The van der Waals surface area contributed by atoms with Gasteiger partial charge in [0.25, 0.3) is 0 Å². The predicted octanol–water partition coefficient (Wildman–Crippen LogP) is 4.47. The third-order valence-electron chi connectivity index (χ3n) is 3.91. The summed E-state index contributed by atoms with van der Waals surface area (Å²) in [5.74, 6) is 0. The second kappa shape index (κ2) is 6.20. The maximum atomic E-state index is 6.33. The predicted molar refractivity (Wildman–Crippen MR) is 76.1 cm³/mol. The summed E-state index contributed by atoms with van der Waals surface area (Å²) >= 11 is 0. The van der Waals surface area contributed by atoms with Gasteiger partial charge in [-0.3, -0.25) is 0 Å². The van der Waals surface area contributed by atoms with E-state index < -0.39 is 0 Å². The minimum atomic E-state index is 0.132. The maximum absolute atomic E-state index is 6.33. The van der Waals surface area contributed by atoms with Crippen LogP contribution in [-0.2, 0) is 6.42 Å². The number of benzene rings is 1. The number of aryl methyl sites for hydroxylation is 1. The van der Waals surface area contributed by atoms with Crippen LogP contribution in [0.4, 0.5) is 0 Å². The highest BCUT2D eigenvalue weighted by Gasteiger charge is 2.25. The van der Waals surface area contributed by atoms with Gasteiger partial charge >= 0.3 is 0 Å². The van der Waals surface area contributed by atoms with Crippen molar-refractivity contribution in [2.75, 3.05) is 0 Å². The van der Waals surface area contributed by atoms with Crippen molar-refractivity contribution in [2.24, 2.45) is 11.1 Å². The van der Waals surface area contributed by atoms with E-state index in [0.29, 0.717) is 0 Å². The summed E-state index contributed by atoms with van der Waals surface area (Å²) in [6, 6.07) is 9.00. The van der Waals surface area contributed by atoms with E-state index in [4.69, 9.17) is 5.73 Å². The number of hydrogen-bond donors (Lipinski definition) is 1. The van der Waals surface area contributed by atoms with Crippen molar-refractivity contribution in [1.29, 1.82) is 0 Å². The van der Waals surface area contributed by atoms with E-state index in [0.717, 1.165) is 6.42 Å². The second-order valence-electron chi connectivity index (χ2n) is 5.66. The molecule has 0 aliphatic rings. The Morgan fingerprint density at radius 3 is 2.18 bits per heavy atom. The molecule has 0 spiro atoms. The Kier molecular flexibility index (Phi) is 5.20. The van der Waals surface area contributed by atoms with Crippen LogP contribution in [-0.4, -0.2) is 0 Å². The fraction of sp³-hybridized carbons (Fsp3) is 0.625. The van der Waals surface area contributed by atoms with Crippen LogP contribution in [0.2, 0.25) is 0 Å². The standard InChI is InChI=1S/C16H27N/c1-5-7-8-13-9-11-14(12-10-13)15(17)16(3,4)6-2/h9-12,15H,5-8,17H2,1-4H3. The lowest BCUT2D eigenvalue weighted by atomic mass is 9.79. The van der Waals surface area contributed by atoms with E-state index in [-0.39, 0.29) is 11.5 Å². The van der Waals surface area contributed by atoms with Crippen molar-refractivity contribution in [3.05, 3.63) is 35.4 Å². The minimum Gasteiger partial charge on any atom is -0.324 e. The zero-order valence-electron chi connectivity index (χ0n) is 11.8. The summed E-state index contributed by atoms with van der Waals surface area (Å²) in [7, 11) is 0. The van der Waals surface area contributed by atoms with Crippen molar-refractivity contribution in [1.82, 2.24) is 0 Å². The van der Waals surface area contributed by atoms with Gasteiger partial charge in [0.15, 0.2) is 0 Å². The van der Waals surface area contributed by atoms with Crippen LogP contribution in [0.15, 0.2) is 24.3 Å². The molecule has 0 heterocycles. The Bertz CT molecular complexity index is 324. The van der Waals surface area contributed by atoms with Gasteiger partial charge in [-0.1, -0.05) is 58.4 Å². The molecule has 0 aliphatic heterocycles. The lowest BCUT2D eigenvalue weighted by Crippen LogP contribution is -2.28. The van der Waals surface area contributed by atoms with Crippen LogP contribution in [0.5, 0.6) is 0 Å². The fourth-order valence-corrected chi connectivity index (χ4v) is 1.94. The summed E-state index contributed by atoms with van der Waals surface area (Å²) in [6.45, 7) is 8.91. The first kappa shape index (κ1) is 14.2. The van der Waals surface area contributed by atoms with Gasteiger partial charge < -0.3 is 5.73 Å². The zero-order valence-corrected chi connectivity index (χ0v) is 11.8. The van der Waals surface area contributed by atoms with Crippen molar-refractivity contribution < 1.29 is 0 Å². The Hall–Kier alpha value is -0.820. The lowest BCUT2D eigenvalue weighted by Gasteiger charge is -2.30. The molecule has 1 unspecified atom stereocenters. The summed E-state index contributed by atoms with van der Waals surface area (Å²) in [6.07, 6.45) is 4.81. The number of unbranched alkanes of at least 4 members (excludes halogenated alkanes) is 1. The van der Waals surface area contributed by atoms with E-state index >= 15 is 0 Å². The average molecular weight is 233 g/mol. The normalized spacial score (nSPS) is 13.7. The summed E-state index contributed by atoms with van der Waals surface area (Å²) < 4.78 is 0. The van der Waals surface area contributed by atoms with Crippen LogP contribution < -0.4 is 5.73 Å².